The Hall–Kier alpha value is -2.24. The van der Waals surface area contributed by atoms with Crippen molar-refractivity contribution in [2.45, 2.75) is 13.1 Å². The maximum Gasteiger partial charge on any atom is 0.353 e. The van der Waals surface area contributed by atoms with Crippen molar-refractivity contribution in [3.63, 3.8) is 0 Å². The highest BCUT2D eigenvalue weighted by molar-refractivity contribution is 5.87. The average Bonchev–Trinajstić information content (AvgIpc) is 2.77. The van der Waals surface area contributed by atoms with E-state index in [2.05, 4.69) is 10.2 Å². The fourth-order valence-electron chi connectivity index (χ4n) is 1.73. The first kappa shape index (κ1) is 12.2. The number of carbonyl (C=O) groups is 1. The fraction of sp³-hybridized carbons (Fsp3) is 0.167. The van der Waals surface area contributed by atoms with Gasteiger partial charge in [-0.05, 0) is 19.1 Å². The normalized spacial score (nSPS) is 12.4. The zero-order valence-electron chi connectivity index (χ0n) is 9.45. The molecule has 0 aliphatic heterocycles. The summed E-state index contributed by atoms with van der Waals surface area (Å²) < 4.78 is 27.0. The molecule has 0 amide bonds. The van der Waals surface area contributed by atoms with Gasteiger partial charge in [-0.3, -0.25) is 5.10 Å². The Kier molecular flexibility index (Phi) is 3.10. The third kappa shape index (κ3) is 2.09. The van der Waals surface area contributed by atoms with Crippen LogP contribution in [0.25, 0.3) is 11.3 Å². The number of rotatable bonds is 3. The number of benzene rings is 1. The zero-order chi connectivity index (χ0) is 13.3. The van der Waals surface area contributed by atoms with E-state index in [4.69, 9.17) is 5.11 Å². The highest BCUT2D eigenvalue weighted by Crippen LogP contribution is 2.31. The molecule has 4 nitrogen and oxygen atoms in total. The van der Waals surface area contributed by atoms with Gasteiger partial charge in [0.15, 0.2) is 0 Å². The SMILES string of the molecule is CC(F)c1c(F)cccc1-c1cc(C(=O)O)[nH]n1. The Morgan fingerprint density at radius 1 is 1.50 bits per heavy atom. The third-order valence-electron chi connectivity index (χ3n) is 2.53. The zero-order valence-corrected chi connectivity index (χ0v) is 9.45. The van der Waals surface area contributed by atoms with Gasteiger partial charge in [-0.1, -0.05) is 12.1 Å². The van der Waals surface area contributed by atoms with Crippen LogP contribution in [0.1, 0.15) is 29.1 Å². The van der Waals surface area contributed by atoms with Crippen molar-refractivity contribution in [1.82, 2.24) is 10.2 Å². The summed E-state index contributed by atoms with van der Waals surface area (Å²) in [5.74, 6) is -1.86. The lowest BCUT2D eigenvalue weighted by Gasteiger charge is -2.09. The Labute approximate surface area is 101 Å². The van der Waals surface area contributed by atoms with E-state index in [9.17, 15) is 13.6 Å². The molecule has 0 radical (unpaired) electrons. The number of aromatic amines is 1. The lowest BCUT2D eigenvalue weighted by atomic mass is 10.0. The second-order valence-electron chi connectivity index (χ2n) is 3.79. The molecule has 1 aromatic heterocycles. The Morgan fingerprint density at radius 2 is 2.22 bits per heavy atom. The molecule has 1 unspecified atom stereocenters. The molecule has 1 aromatic carbocycles. The van der Waals surface area contributed by atoms with Gasteiger partial charge in [0, 0.05) is 11.1 Å². The van der Waals surface area contributed by atoms with Crippen LogP contribution >= 0.6 is 0 Å². The van der Waals surface area contributed by atoms with Crippen LogP contribution in [0.4, 0.5) is 8.78 Å². The minimum absolute atomic E-state index is 0.124. The number of halogens is 2. The lowest BCUT2D eigenvalue weighted by Crippen LogP contribution is -1.96. The van der Waals surface area contributed by atoms with Crippen molar-refractivity contribution in [1.29, 1.82) is 0 Å². The minimum Gasteiger partial charge on any atom is -0.477 e. The molecule has 0 aliphatic carbocycles. The number of carboxylic acid groups (broad SMARTS) is 1. The Morgan fingerprint density at radius 3 is 2.78 bits per heavy atom. The monoisotopic (exact) mass is 252 g/mol. The van der Waals surface area contributed by atoms with Crippen LogP contribution in [0.5, 0.6) is 0 Å². The van der Waals surface area contributed by atoms with Gasteiger partial charge in [0.05, 0.1) is 5.69 Å². The first-order chi connectivity index (χ1) is 8.50. The number of nitrogens with one attached hydrogen (secondary N) is 1. The van der Waals surface area contributed by atoms with E-state index in [0.717, 1.165) is 6.07 Å². The standard InChI is InChI=1S/C12H10F2N2O2/c1-6(13)11-7(3-2-4-8(11)14)9-5-10(12(17)18)16-15-9/h2-6H,1H3,(H,15,16)(H,17,18). The first-order valence-corrected chi connectivity index (χ1v) is 5.22. The summed E-state index contributed by atoms with van der Waals surface area (Å²) in [4.78, 5) is 10.7. The molecule has 0 aliphatic rings. The van der Waals surface area contributed by atoms with Crippen LogP contribution in [0.15, 0.2) is 24.3 Å². The number of aromatic nitrogens is 2. The van der Waals surface area contributed by atoms with Gasteiger partial charge < -0.3 is 5.11 Å². The van der Waals surface area contributed by atoms with Crippen molar-refractivity contribution in [3.8, 4) is 11.3 Å². The van der Waals surface area contributed by atoms with Crippen molar-refractivity contribution in [2.24, 2.45) is 0 Å². The average molecular weight is 252 g/mol. The molecule has 1 atom stereocenters. The van der Waals surface area contributed by atoms with Crippen LogP contribution < -0.4 is 0 Å². The van der Waals surface area contributed by atoms with Gasteiger partial charge in [-0.25, -0.2) is 13.6 Å². The molecule has 0 fully saturated rings. The molecule has 2 N–H and O–H groups in total. The minimum atomic E-state index is -1.51. The molecule has 0 bridgehead atoms. The molecule has 0 saturated heterocycles. The third-order valence-corrected chi connectivity index (χ3v) is 2.53. The smallest absolute Gasteiger partial charge is 0.353 e. The number of aromatic carboxylic acids is 1. The molecule has 2 aromatic rings. The second kappa shape index (κ2) is 4.56. The van der Waals surface area contributed by atoms with Gasteiger partial charge in [-0.15, -0.1) is 0 Å². The highest BCUT2D eigenvalue weighted by Gasteiger charge is 2.18. The Bertz CT molecular complexity index is 594. The van der Waals surface area contributed by atoms with E-state index in [1.54, 1.807) is 0 Å². The second-order valence-corrected chi connectivity index (χ2v) is 3.79. The molecule has 94 valence electrons. The number of hydrogen-bond donors (Lipinski definition) is 2. The fourth-order valence-corrected chi connectivity index (χ4v) is 1.73. The molecule has 18 heavy (non-hydrogen) atoms. The van der Waals surface area contributed by atoms with E-state index in [0.29, 0.717) is 0 Å². The van der Waals surface area contributed by atoms with Crippen molar-refractivity contribution < 1.29 is 18.7 Å². The van der Waals surface area contributed by atoms with E-state index in [1.807, 2.05) is 0 Å². The van der Waals surface area contributed by atoms with E-state index >= 15 is 0 Å². The van der Waals surface area contributed by atoms with Crippen molar-refractivity contribution >= 4 is 5.97 Å². The van der Waals surface area contributed by atoms with E-state index < -0.39 is 18.0 Å². The molecular weight excluding hydrogens is 242 g/mol. The summed E-state index contributed by atoms with van der Waals surface area (Å²) in [6, 6.07) is 5.31. The molecule has 1 heterocycles. The van der Waals surface area contributed by atoms with Gasteiger partial charge >= 0.3 is 5.97 Å². The lowest BCUT2D eigenvalue weighted by molar-refractivity contribution is 0.0690. The quantitative estimate of drug-likeness (QED) is 0.882. The van der Waals surface area contributed by atoms with Gasteiger partial charge in [0.2, 0.25) is 0 Å². The van der Waals surface area contributed by atoms with Crippen molar-refractivity contribution in [2.75, 3.05) is 0 Å². The molecule has 0 spiro atoms. The van der Waals surface area contributed by atoms with E-state index in [-0.39, 0.29) is 22.5 Å². The van der Waals surface area contributed by atoms with Gasteiger partial charge in [0.25, 0.3) is 0 Å². The predicted molar refractivity (Wildman–Crippen MR) is 60.5 cm³/mol. The number of H-pyrrole nitrogens is 1. The van der Waals surface area contributed by atoms with Crippen LogP contribution in [0.2, 0.25) is 0 Å². The summed E-state index contributed by atoms with van der Waals surface area (Å²) in [6.45, 7) is 1.21. The van der Waals surface area contributed by atoms with Crippen LogP contribution in [0.3, 0.4) is 0 Å². The van der Waals surface area contributed by atoms with Crippen LogP contribution in [-0.2, 0) is 0 Å². The van der Waals surface area contributed by atoms with E-state index in [1.165, 1.54) is 25.1 Å². The maximum atomic E-state index is 13.6. The molecule has 6 heteroatoms. The van der Waals surface area contributed by atoms with Crippen LogP contribution in [0, 0.1) is 5.82 Å². The number of hydrogen-bond acceptors (Lipinski definition) is 2. The Balaban J connectivity index is 2.56. The van der Waals surface area contributed by atoms with Gasteiger partial charge in [0.1, 0.15) is 17.7 Å². The summed E-state index contributed by atoms with van der Waals surface area (Å²) in [6.07, 6.45) is -1.51. The topological polar surface area (TPSA) is 66.0 Å². The largest absolute Gasteiger partial charge is 0.477 e. The van der Waals surface area contributed by atoms with Gasteiger partial charge in [-0.2, -0.15) is 5.10 Å². The predicted octanol–water partition coefficient (Wildman–Crippen LogP) is 2.94. The summed E-state index contributed by atoms with van der Waals surface area (Å²) in [7, 11) is 0. The maximum absolute atomic E-state index is 13.6. The van der Waals surface area contributed by atoms with Crippen LogP contribution in [-0.4, -0.2) is 21.3 Å². The number of alkyl halides is 1. The summed E-state index contributed by atoms with van der Waals surface area (Å²) >= 11 is 0. The highest BCUT2D eigenvalue weighted by atomic mass is 19.1. The summed E-state index contributed by atoms with van der Waals surface area (Å²) in [5, 5.41) is 14.8. The first-order valence-electron chi connectivity index (χ1n) is 5.22. The van der Waals surface area contributed by atoms with Crippen molar-refractivity contribution in [3.05, 3.63) is 41.3 Å². The molecular formula is C12H10F2N2O2. The number of carboxylic acids is 1. The summed E-state index contributed by atoms with van der Waals surface area (Å²) in [5.41, 5.74) is 0.188. The molecule has 2 rings (SSSR count). The number of nitrogens with zero attached hydrogens (tertiary/aromatic N) is 1. The molecule has 0 saturated carbocycles.